The first-order chi connectivity index (χ1) is 8.24. The van der Waals surface area contributed by atoms with Crippen molar-refractivity contribution >= 4 is 15.9 Å². The normalized spacial score (nSPS) is 18.1. The summed E-state index contributed by atoms with van der Waals surface area (Å²) in [5.41, 5.74) is 3.60. The van der Waals surface area contributed by atoms with Crippen LogP contribution >= 0.6 is 15.9 Å². The largest absolute Gasteiger partial charge is 0.260 e. The second-order valence-electron chi connectivity index (χ2n) is 4.30. The Hall–Kier alpha value is -1.29. The van der Waals surface area contributed by atoms with Gasteiger partial charge in [-0.25, -0.2) is 9.97 Å². The van der Waals surface area contributed by atoms with Crippen molar-refractivity contribution in [3.63, 3.8) is 0 Å². The minimum absolute atomic E-state index is 0.323. The molecule has 0 saturated carbocycles. The van der Waals surface area contributed by atoms with Gasteiger partial charge in [-0.15, -0.1) is 0 Å². The molecular formula is C13H12BrN3. The molecule has 17 heavy (non-hydrogen) atoms. The van der Waals surface area contributed by atoms with E-state index in [9.17, 15) is 0 Å². The summed E-state index contributed by atoms with van der Waals surface area (Å²) >= 11 is 3.43. The van der Waals surface area contributed by atoms with E-state index in [2.05, 4.69) is 36.9 Å². The average molecular weight is 290 g/mol. The molecule has 1 atom stereocenters. The molecule has 0 aromatic carbocycles. The van der Waals surface area contributed by atoms with Crippen LogP contribution in [0.25, 0.3) is 0 Å². The second kappa shape index (κ2) is 4.18. The van der Waals surface area contributed by atoms with Crippen LogP contribution in [-0.4, -0.2) is 15.0 Å². The van der Waals surface area contributed by atoms with Gasteiger partial charge < -0.3 is 0 Å². The van der Waals surface area contributed by atoms with E-state index in [-0.39, 0.29) is 0 Å². The third kappa shape index (κ3) is 1.97. The third-order valence-electron chi connectivity index (χ3n) is 3.14. The SMILES string of the molecule is Cc1nc(Br)cc(C2CCc3cccnc32)n1. The van der Waals surface area contributed by atoms with Gasteiger partial charge in [0.2, 0.25) is 0 Å². The van der Waals surface area contributed by atoms with E-state index in [1.54, 1.807) is 0 Å². The van der Waals surface area contributed by atoms with Gasteiger partial charge in [-0.2, -0.15) is 0 Å². The quantitative estimate of drug-likeness (QED) is 0.758. The lowest BCUT2D eigenvalue weighted by Gasteiger charge is -2.10. The van der Waals surface area contributed by atoms with Gasteiger partial charge in [0.1, 0.15) is 10.4 Å². The summed E-state index contributed by atoms with van der Waals surface area (Å²) in [7, 11) is 0. The predicted molar refractivity (Wildman–Crippen MR) is 68.9 cm³/mol. The zero-order valence-corrected chi connectivity index (χ0v) is 11.1. The van der Waals surface area contributed by atoms with Crippen molar-refractivity contribution in [2.75, 3.05) is 0 Å². The van der Waals surface area contributed by atoms with Crippen molar-refractivity contribution in [1.29, 1.82) is 0 Å². The molecule has 3 nitrogen and oxygen atoms in total. The van der Waals surface area contributed by atoms with Crippen LogP contribution in [0.15, 0.2) is 29.0 Å². The molecule has 0 aliphatic heterocycles. The summed E-state index contributed by atoms with van der Waals surface area (Å²) in [6.45, 7) is 1.92. The molecule has 1 aliphatic rings. The number of rotatable bonds is 1. The summed E-state index contributed by atoms with van der Waals surface area (Å²) in [6, 6.07) is 6.16. The predicted octanol–water partition coefficient (Wildman–Crippen LogP) is 3.02. The van der Waals surface area contributed by atoms with Gasteiger partial charge in [0, 0.05) is 12.1 Å². The summed E-state index contributed by atoms with van der Waals surface area (Å²) in [6.07, 6.45) is 4.05. The van der Waals surface area contributed by atoms with E-state index < -0.39 is 0 Å². The van der Waals surface area contributed by atoms with Gasteiger partial charge in [-0.1, -0.05) is 6.07 Å². The average Bonchev–Trinajstić information content (AvgIpc) is 2.71. The molecule has 2 aromatic heterocycles. The van der Waals surface area contributed by atoms with Crippen molar-refractivity contribution in [3.05, 3.63) is 51.8 Å². The third-order valence-corrected chi connectivity index (χ3v) is 3.55. The zero-order chi connectivity index (χ0) is 11.8. The van der Waals surface area contributed by atoms with Crippen LogP contribution in [0.5, 0.6) is 0 Å². The first kappa shape index (κ1) is 10.8. The molecule has 0 bridgehead atoms. The summed E-state index contributed by atoms with van der Waals surface area (Å²) < 4.78 is 0.851. The molecule has 0 N–H and O–H groups in total. The zero-order valence-electron chi connectivity index (χ0n) is 9.52. The molecule has 0 spiro atoms. The molecule has 1 aliphatic carbocycles. The second-order valence-corrected chi connectivity index (χ2v) is 5.11. The highest BCUT2D eigenvalue weighted by atomic mass is 79.9. The lowest BCUT2D eigenvalue weighted by atomic mass is 10.0. The summed E-state index contributed by atoms with van der Waals surface area (Å²) in [5.74, 6) is 1.13. The number of pyridine rings is 1. The Morgan fingerprint density at radius 2 is 2.24 bits per heavy atom. The first-order valence-corrected chi connectivity index (χ1v) is 6.48. The highest BCUT2D eigenvalue weighted by molar-refractivity contribution is 9.10. The van der Waals surface area contributed by atoms with Gasteiger partial charge >= 0.3 is 0 Å². The van der Waals surface area contributed by atoms with Gasteiger partial charge in [0.05, 0.1) is 11.4 Å². The van der Waals surface area contributed by atoms with Crippen molar-refractivity contribution in [3.8, 4) is 0 Å². The van der Waals surface area contributed by atoms with Crippen LogP contribution in [0.1, 0.15) is 35.1 Å². The lowest BCUT2D eigenvalue weighted by molar-refractivity contribution is 0.734. The summed E-state index contributed by atoms with van der Waals surface area (Å²) in [5, 5.41) is 0. The topological polar surface area (TPSA) is 38.7 Å². The first-order valence-electron chi connectivity index (χ1n) is 5.69. The maximum Gasteiger partial charge on any atom is 0.126 e. The fraction of sp³-hybridized carbons (Fsp3) is 0.308. The number of halogens is 1. The fourth-order valence-electron chi connectivity index (χ4n) is 2.43. The Balaban J connectivity index is 2.06. The van der Waals surface area contributed by atoms with Crippen LogP contribution in [-0.2, 0) is 6.42 Å². The number of hydrogen-bond acceptors (Lipinski definition) is 3. The van der Waals surface area contributed by atoms with Crippen molar-refractivity contribution in [1.82, 2.24) is 15.0 Å². The maximum absolute atomic E-state index is 4.53. The molecule has 2 heterocycles. The maximum atomic E-state index is 4.53. The number of aryl methyl sites for hydroxylation is 2. The molecule has 86 valence electrons. The van der Waals surface area contributed by atoms with E-state index in [0.29, 0.717) is 5.92 Å². The van der Waals surface area contributed by atoms with Gasteiger partial charge in [-0.3, -0.25) is 4.98 Å². The van der Waals surface area contributed by atoms with Crippen LogP contribution < -0.4 is 0 Å². The minimum atomic E-state index is 0.323. The Labute approximate surface area is 108 Å². The number of aromatic nitrogens is 3. The molecule has 2 aromatic rings. The molecule has 0 radical (unpaired) electrons. The van der Waals surface area contributed by atoms with E-state index in [4.69, 9.17) is 0 Å². The Morgan fingerprint density at radius 3 is 3.06 bits per heavy atom. The fourth-order valence-corrected chi connectivity index (χ4v) is 2.92. The van der Waals surface area contributed by atoms with Crippen molar-refractivity contribution in [2.24, 2.45) is 0 Å². The van der Waals surface area contributed by atoms with Crippen LogP contribution in [0.3, 0.4) is 0 Å². The van der Waals surface area contributed by atoms with Crippen molar-refractivity contribution < 1.29 is 0 Å². The van der Waals surface area contributed by atoms with Gasteiger partial charge in [0.25, 0.3) is 0 Å². The molecule has 4 heteroatoms. The molecule has 0 fully saturated rings. The van der Waals surface area contributed by atoms with E-state index in [1.165, 1.54) is 11.3 Å². The Kier molecular flexibility index (Phi) is 2.67. The lowest BCUT2D eigenvalue weighted by Crippen LogP contribution is -2.04. The van der Waals surface area contributed by atoms with Gasteiger partial charge in [0.15, 0.2) is 0 Å². The highest BCUT2D eigenvalue weighted by Gasteiger charge is 2.26. The molecular weight excluding hydrogens is 278 g/mol. The van der Waals surface area contributed by atoms with Gasteiger partial charge in [-0.05, 0) is 53.4 Å². The smallest absolute Gasteiger partial charge is 0.126 e. The molecule has 3 rings (SSSR count). The van der Waals surface area contributed by atoms with Crippen LogP contribution in [0.4, 0.5) is 0 Å². The molecule has 0 saturated heterocycles. The summed E-state index contributed by atoms with van der Waals surface area (Å²) in [4.78, 5) is 13.3. The Morgan fingerprint density at radius 1 is 1.35 bits per heavy atom. The van der Waals surface area contributed by atoms with Crippen LogP contribution in [0, 0.1) is 6.92 Å². The number of nitrogens with zero attached hydrogens (tertiary/aromatic N) is 3. The number of hydrogen-bond donors (Lipinski definition) is 0. The minimum Gasteiger partial charge on any atom is -0.260 e. The molecule has 0 amide bonds. The van der Waals surface area contributed by atoms with Crippen LogP contribution in [0.2, 0.25) is 0 Å². The number of fused-ring (bicyclic) bond motifs is 1. The van der Waals surface area contributed by atoms with E-state index in [0.717, 1.165) is 29.0 Å². The Bertz CT molecular complexity index is 548. The van der Waals surface area contributed by atoms with E-state index >= 15 is 0 Å². The molecule has 1 unspecified atom stereocenters. The highest BCUT2D eigenvalue weighted by Crippen LogP contribution is 2.36. The van der Waals surface area contributed by atoms with Crippen molar-refractivity contribution in [2.45, 2.75) is 25.7 Å². The van der Waals surface area contributed by atoms with E-state index in [1.807, 2.05) is 25.3 Å². The standard InChI is InChI=1S/C13H12BrN3/c1-8-16-11(7-12(14)17-8)10-5-4-9-3-2-6-15-13(9)10/h2-3,6-7,10H,4-5H2,1H3. The monoisotopic (exact) mass is 289 g/mol.